The Morgan fingerprint density at radius 2 is 1.84 bits per heavy atom. The van der Waals surface area contributed by atoms with E-state index in [0.29, 0.717) is 26.6 Å². The van der Waals surface area contributed by atoms with Gasteiger partial charge in [-0.25, -0.2) is 22.7 Å². The maximum Gasteiger partial charge on any atom is 0.280 e. The summed E-state index contributed by atoms with van der Waals surface area (Å²) in [5.41, 5.74) is 0.793. The summed E-state index contributed by atoms with van der Waals surface area (Å²) >= 11 is 15.4. The highest BCUT2D eigenvalue weighted by Gasteiger charge is 2.23. The molecule has 37 heavy (non-hydrogen) atoms. The quantitative estimate of drug-likeness (QED) is 0.224. The molecular formula is C24H14BrCl2F3N6O. The molecule has 3 heterocycles. The maximum atomic E-state index is 13.8. The second kappa shape index (κ2) is 10.2. The van der Waals surface area contributed by atoms with Crippen LogP contribution in [0.3, 0.4) is 0 Å². The van der Waals surface area contributed by atoms with Crippen molar-refractivity contribution in [3.8, 4) is 11.3 Å². The van der Waals surface area contributed by atoms with E-state index in [1.165, 1.54) is 24.3 Å². The highest BCUT2D eigenvalue weighted by Crippen LogP contribution is 2.28. The molecule has 13 heteroatoms. The van der Waals surface area contributed by atoms with Gasteiger partial charge in [0, 0.05) is 11.8 Å². The number of carbonyl (C=O) groups excluding carboxylic acids is 1. The Kier molecular flexibility index (Phi) is 6.93. The van der Waals surface area contributed by atoms with Crippen LogP contribution in [-0.4, -0.2) is 30.3 Å². The van der Waals surface area contributed by atoms with Gasteiger partial charge in [-0.3, -0.25) is 9.48 Å². The second-order valence-electron chi connectivity index (χ2n) is 7.89. The third kappa shape index (κ3) is 5.20. The van der Waals surface area contributed by atoms with E-state index in [2.05, 4.69) is 36.4 Å². The first-order chi connectivity index (χ1) is 17.7. The first kappa shape index (κ1) is 25.2. The predicted octanol–water partition coefficient (Wildman–Crippen LogP) is 7.04. The van der Waals surface area contributed by atoms with Crippen LogP contribution in [0, 0.1) is 5.82 Å². The van der Waals surface area contributed by atoms with Gasteiger partial charge in [-0.2, -0.15) is 10.2 Å². The molecule has 0 unspecified atom stereocenters. The molecule has 0 aliphatic carbocycles. The number of benzene rings is 2. The van der Waals surface area contributed by atoms with Gasteiger partial charge in [-0.15, -0.1) is 0 Å². The monoisotopic (exact) mass is 608 g/mol. The van der Waals surface area contributed by atoms with Crippen LogP contribution in [0.5, 0.6) is 0 Å². The van der Waals surface area contributed by atoms with Gasteiger partial charge in [0.05, 0.1) is 33.0 Å². The summed E-state index contributed by atoms with van der Waals surface area (Å²) in [5.74, 6) is -0.930. The van der Waals surface area contributed by atoms with Gasteiger partial charge in [0.1, 0.15) is 17.1 Å². The predicted molar refractivity (Wildman–Crippen MR) is 137 cm³/mol. The molecule has 0 bridgehead atoms. The molecular weight excluding hydrogens is 596 g/mol. The van der Waals surface area contributed by atoms with Crippen LogP contribution in [0.25, 0.3) is 16.9 Å². The minimum Gasteiger partial charge on any atom is -0.304 e. The average Bonchev–Trinajstić information content (AvgIpc) is 3.44. The average molecular weight is 610 g/mol. The van der Waals surface area contributed by atoms with Crippen molar-refractivity contribution in [1.29, 1.82) is 0 Å². The van der Waals surface area contributed by atoms with Gasteiger partial charge in [0.15, 0.2) is 11.5 Å². The fourth-order valence-corrected chi connectivity index (χ4v) is 4.37. The Hall–Kier alpha value is -3.41. The molecule has 188 valence electrons. The molecule has 5 aromatic rings. The van der Waals surface area contributed by atoms with Crippen molar-refractivity contribution in [1.82, 2.24) is 24.4 Å². The number of alkyl halides is 2. The smallest absolute Gasteiger partial charge is 0.280 e. The van der Waals surface area contributed by atoms with Crippen molar-refractivity contribution in [2.24, 2.45) is 0 Å². The van der Waals surface area contributed by atoms with E-state index in [9.17, 15) is 18.0 Å². The molecule has 0 aliphatic heterocycles. The number of hydrogen-bond acceptors (Lipinski definition) is 4. The van der Waals surface area contributed by atoms with Crippen molar-refractivity contribution < 1.29 is 18.0 Å². The summed E-state index contributed by atoms with van der Waals surface area (Å²) < 4.78 is 44.0. The number of hydrogen-bond donors (Lipinski definition) is 1. The molecule has 0 radical (unpaired) electrons. The van der Waals surface area contributed by atoms with E-state index in [4.69, 9.17) is 23.2 Å². The van der Waals surface area contributed by atoms with E-state index < -0.39 is 23.8 Å². The highest BCUT2D eigenvalue weighted by atomic mass is 79.9. The first-order valence-corrected chi connectivity index (χ1v) is 12.2. The standard InChI is InChI=1S/C24H14BrCl2F3N6O/c25-16-11-35(10-12-1-6-17(26)18(27)7-12)34-22(16)33-24(37)15-9-31-36-20(21(29)30)8-19(32-23(15)36)13-2-4-14(28)5-3-13/h1-9,11,21H,10H2,(H,33,34,37). The summed E-state index contributed by atoms with van der Waals surface area (Å²) in [7, 11) is 0. The third-order valence-electron chi connectivity index (χ3n) is 5.39. The SMILES string of the molecule is O=C(Nc1nn(Cc2ccc(Cl)c(Cl)c2)cc1Br)c1cnn2c(C(F)F)cc(-c3ccc(F)cc3)nc12. The number of nitrogens with one attached hydrogen (secondary N) is 1. The van der Waals surface area contributed by atoms with Crippen molar-refractivity contribution >= 4 is 56.5 Å². The molecule has 1 N–H and O–H groups in total. The molecule has 0 atom stereocenters. The number of halogens is 6. The van der Waals surface area contributed by atoms with Crippen LogP contribution in [0.15, 0.2) is 65.4 Å². The zero-order valence-corrected chi connectivity index (χ0v) is 21.6. The Labute approximate surface area is 226 Å². The lowest BCUT2D eigenvalue weighted by atomic mass is 10.1. The summed E-state index contributed by atoms with van der Waals surface area (Å²) in [6.45, 7) is 0.350. The molecule has 1 amide bonds. The number of rotatable bonds is 6. The molecule has 0 saturated carbocycles. The number of fused-ring (bicyclic) bond motifs is 1. The zero-order chi connectivity index (χ0) is 26.3. The van der Waals surface area contributed by atoms with Gasteiger partial charge < -0.3 is 5.32 Å². The number of aromatic nitrogens is 5. The van der Waals surface area contributed by atoms with Gasteiger partial charge in [0.25, 0.3) is 12.3 Å². The van der Waals surface area contributed by atoms with Gasteiger partial charge in [0.2, 0.25) is 0 Å². The first-order valence-electron chi connectivity index (χ1n) is 10.6. The maximum absolute atomic E-state index is 13.8. The molecule has 7 nitrogen and oxygen atoms in total. The summed E-state index contributed by atoms with van der Waals surface area (Å²) in [6, 6.07) is 11.5. The third-order valence-corrected chi connectivity index (χ3v) is 6.70. The molecule has 0 fully saturated rings. The lowest BCUT2D eigenvalue weighted by Crippen LogP contribution is -2.14. The van der Waals surface area contributed by atoms with Crippen molar-refractivity contribution in [2.45, 2.75) is 13.0 Å². The lowest BCUT2D eigenvalue weighted by Gasteiger charge is -2.08. The topological polar surface area (TPSA) is 77.1 Å². The van der Waals surface area contributed by atoms with Gasteiger partial charge >= 0.3 is 0 Å². The molecule has 0 saturated heterocycles. The highest BCUT2D eigenvalue weighted by molar-refractivity contribution is 9.10. The normalized spacial score (nSPS) is 11.4. The van der Waals surface area contributed by atoms with Crippen molar-refractivity contribution in [2.75, 3.05) is 5.32 Å². The fraction of sp³-hybridized carbons (Fsp3) is 0.0833. The number of amides is 1. The van der Waals surface area contributed by atoms with Crippen LogP contribution in [0.1, 0.15) is 28.0 Å². The van der Waals surface area contributed by atoms with Crippen LogP contribution in [0.2, 0.25) is 10.0 Å². The fourth-order valence-electron chi connectivity index (χ4n) is 3.63. The van der Waals surface area contributed by atoms with E-state index in [-0.39, 0.29) is 22.7 Å². The number of anilines is 1. The van der Waals surface area contributed by atoms with Crippen molar-refractivity contribution in [3.63, 3.8) is 0 Å². The van der Waals surface area contributed by atoms with E-state index >= 15 is 0 Å². The molecule has 2 aromatic carbocycles. The number of nitrogens with zero attached hydrogens (tertiary/aromatic N) is 5. The van der Waals surface area contributed by atoms with Gasteiger partial charge in [-0.05, 0) is 64.0 Å². The van der Waals surface area contributed by atoms with Crippen LogP contribution < -0.4 is 5.32 Å². The van der Waals surface area contributed by atoms with E-state index in [0.717, 1.165) is 22.3 Å². The Balaban J connectivity index is 1.45. The lowest BCUT2D eigenvalue weighted by molar-refractivity contribution is 0.102. The minimum atomic E-state index is -2.90. The Morgan fingerprint density at radius 3 is 2.54 bits per heavy atom. The van der Waals surface area contributed by atoms with Crippen LogP contribution in [-0.2, 0) is 6.54 Å². The molecule has 3 aromatic heterocycles. The summed E-state index contributed by atoms with van der Waals surface area (Å²) in [4.78, 5) is 17.5. The number of carbonyl (C=O) groups is 1. The molecule has 5 rings (SSSR count). The summed E-state index contributed by atoms with van der Waals surface area (Å²) in [6.07, 6.45) is -0.0844. The second-order valence-corrected chi connectivity index (χ2v) is 9.56. The van der Waals surface area contributed by atoms with Crippen LogP contribution in [0.4, 0.5) is 19.0 Å². The Bertz CT molecular complexity index is 1640. The Morgan fingerprint density at radius 1 is 1.08 bits per heavy atom. The zero-order valence-electron chi connectivity index (χ0n) is 18.5. The van der Waals surface area contributed by atoms with Crippen molar-refractivity contribution in [3.05, 3.63) is 98.1 Å². The van der Waals surface area contributed by atoms with Gasteiger partial charge in [-0.1, -0.05) is 29.3 Å². The largest absolute Gasteiger partial charge is 0.304 e. The molecule has 0 aliphatic rings. The van der Waals surface area contributed by atoms with Crippen LogP contribution >= 0.6 is 39.1 Å². The van der Waals surface area contributed by atoms with E-state index in [1.54, 1.807) is 29.1 Å². The molecule has 0 spiro atoms. The van der Waals surface area contributed by atoms with E-state index in [1.807, 2.05) is 0 Å². The minimum absolute atomic E-state index is 0.0446. The summed E-state index contributed by atoms with van der Waals surface area (Å²) in [5, 5.41) is 11.8.